The summed E-state index contributed by atoms with van der Waals surface area (Å²) in [5, 5.41) is 14.1. The number of carbonyl (C=O) groups is 2. The minimum absolute atomic E-state index is 0.377. The smallest absolute Gasteiger partial charge is 0.321 e. The number of benzene rings is 1. The lowest BCUT2D eigenvalue weighted by molar-refractivity contribution is -0.119. The second-order valence-corrected chi connectivity index (χ2v) is 8.10. The van der Waals surface area contributed by atoms with E-state index in [2.05, 4.69) is 27.8 Å². The molecule has 2 aromatic rings. The van der Waals surface area contributed by atoms with E-state index in [9.17, 15) is 9.59 Å². The zero-order valence-corrected chi connectivity index (χ0v) is 17.9. The second-order valence-electron chi connectivity index (χ2n) is 6.35. The van der Waals surface area contributed by atoms with Crippen molar-refractivity contribution < 1.29 is 9.59 Å². The summed E-state index contributed by atoms with van der Waals surface area (Å²) in [6, 6.07) is 6.93. The van der Waals surface area contributed by atoms with E-state index in [4.69, 9.17) is 11.6 Å². The van der Waals surface area contributed by atoms with E-state index >= 15 is 0 Å². The molecule has 0 spiro atoms. The van der Waals surface area contributed by atoms with Gasteiger partial charge in [-0.2, -0.15) is 0 Å². The van der Waals surface area contributed by atoms with Gasteiger partial charge in [0.1, 0.15) is 0 Å². The Labute approximate surface area is 174 Å². The van der Waals surface area contributed by atoms with E-state index in [0.29, 0.717) is 10.2 Å². The number of aromatic nitrogens is 3. The summed E-state index contributed by atoms with van der Waals surface area (Å²) in [5.74, 6) is 0.368. The van der Waals surface area contributed by atoms with Crippen molar-refractivity contribution >= 4 is 35.3 Å². The highest BCUT2D eigenvalue weighted by Crippen LogP contribution is 2.28. The van der Waals surface area contributed by atoms with Crippen LogP contribution in [0.25, 0.3) is 11.4 Å². The van der Waals surface area contributed by atoms with Gasteiger partial charge in [-0.05, 0) is 37.6 Å². The molecule has 0 bridgehead atoms. The highest BCUT2D eigenvalue weighted by atomic mass is 35.5. The lowest BCUT2D eigenvalue weighted by atomic mass is 10.2. The molecule has 1 heterocycles. The first-order valence-electron chi connectivity index (χ1n) is 9.34. The van der Waals surface area contributed by atoms with E-state index in [0.717, 1.165) is 37.2 Å². The molecule has 1 aromatic carbocycles. The Morgan fingerprint density at radius 2 is 1.89 bits per heavy atom. The molecule has 1 atom stereocenters. The van der Waals surface area contributed by atoms with Gasteiger partial charge >= 0.3 is 6.03 Å². The fourth-order valence-electron chi connectivity index (χ4n) is 2.57. The monoisotopic (exact) mass is 423 g/mol. The van der Waals surface area contributed by atoms with Crippen molar-refractivity contribution in [3.05, 3.63) is 29.3 Å². The van der Waals surface area contributed by atoms with Gasteiger partial charge in [0.25, 0.3) is 0 Å². The maximum absolute atomic E-state index is 12.2. The summed E-state index contributed by atoms with van der Waals surface area (Å²) >= 11 is 7.28. The maximum Gasteiger partial charge on any atom is 0.321 e. The van der Waals surface area contributed by atoms with E-state index in [1.165, 1.54) is 25.2 Å². The van der Waals surface area contributed by atoms with Crippen molar-refractivity contribution in [1.29, 1.82) is 0 Å². The molecule has 0 saturated carbocycles. The van der Waals surface area contributed by atoms with E-state index in [1.54, 1.807) is 6.92 Å². The minimum atomic E-state index is -0.527. The van der Waals surface area contributed by atoms with Crippen LogP contribution in [-0.2, 0) is 11.3 Å². The van der Waals surface area contributed by atoms with Crippen LogP contribution < -0.4 is 10.6 Å². The lowest BCUT2D eigenvalue weighted by Gasteiger charge is -2.13. The Kier molecular flexibility index (Phi) is 8.79. The SMILES string of the molecule is CCCCCCn1c(SC(C)C(=O)NC(=O)NC)nnc1-c1ccc(Cl)cc1. The number of carbonyl (C=O) groups excluding carboxylic acids is 2. The number of unbranched alkanes of at least 4 members (excludes halogenated alkanes) is 3. The third-order valence-corrected chi connectivity index (χ3v) is 5.50. The first-order chi connectivity index (χ1) is 13.5. The molecule has 0 aliphatic heterocycles. The molecule has 0 fully saturated rings. The standard InChI is InChI=1S/C19H26ClN5O2S/c1-4-5-6-7-12-25-16(14-8-10-15(20)11-9-14)23-24-19(25)28-13(2)17(26)22-18(27)21-3/h8-11,13H,4-7,12H2,1-3H3,(H2,21,22,26,27). The third kappa shape index (κ3) is 6.24. The van der Waals surface area contributed by atoms with Crippen LogP contribution in [0.5, 0.6) is 0 Å². The van der Waals surface area contributed by atoms with Gasteiger partial charge in [0, 0.05) is 24.2 Å². The topological polar surface area (TPSA) is 88.9 Å². The number of rotatable bonds is 9. The van der Waals surface area contributed by atoms with Crippen LogP contribution in [0.15, 0.2) is 29.4 Å². The molecular weight excluding hydrogens is 398 g/mol. The van der Waals surface area contributed by atoms with Crippen molar-refractivity contribution in [3.63, 3.8) is 0 Å². The van der Waals surface area contributed by atoms with Gasteiger partial charge in [0.2, 0.25) is 5.91 Å². The van der Waals surface area contributed by atoms with E-state index in [1.807, 2.05) is 28.8 Å². The predicted octanol–water partition coefficient (Wildman–Crippen LogP) is 4.12. The molecule has 0 aliphatic carbocycles. The van der Waals surface area contributed by atoms with E-state index < -0.39 is 11.3 Å². The normalized spacial score (nSPS) is 11.9. The number of thioether (sulfide) groups is 1. The Morgan fingerprint density at radius 3 is 2.54 bits per heavy atom. The van der Waals surface area contributed by atoms with Crippen molar-refractivity contribution in [2.45, 2.75) is 56.5 Å². The van der Waals surface area contributed by atoms with Crippen molar-refractivity contribution in [1.82, 2.24) is 25.4 Å². The third-order valence-electron chi connectivity index (χ3n) is 4.17. The van der Waals surface area contributed by atoms with Crippen LogP contribution in [0.1, 0.15) is 39.5 Å². The second kappa shape index (κ2) is 11.1. The largest absolute Gasteiger partial charge is 0.341 e. The molecule has 2 rings (SSSR count). The molecule has 7 nitrogen and oxygen atoms in total. The van der Waals surface area contributed by atoms with Gasteiger partial charge < -0.3 is 9.88 Å². The minimum Gasteiger partial charge on any atom is -0.341 e. The molecule has 0 radical (unpaired) electrons. The zero-order valence-electron chi connectivity index (χ0n) is 16.4. The number of halogens is 1. The van der Waals surface area contributed by atoms with Crippen LogP contribution in [-0.4, -0.2) is 39.0 Å². The zero-order chi connectivity index (χ0) is 20.5. The quantitative estimate of drug-likeness (QED) is 0.468. The Balaban J connectivity index is 2.21. The molecule has 2 N–H and O–H groups in total. The van der Waals surface area contributed by atoms with Crippen LogP contribution in [0.4, 0.5) is 4.79 Å². The van der Waals surface area contributed by atoms with Gasteiger partial charge in [0.15, 0.2) is 11.0 Å². The summed E-state index contributed by atoms with van der Waals surface area (Å²) in [5.41, 5.74) is 0.918. The first kappa shape index (κ1) is 22.2. The van der Waals surface area contributed by atoms with Gasteiger partial charge in [0.05, 0.1) is 5.25 Å². The number of nitrogens with zero attached hydrogens (tertiary/aromatic N) is 3. The predicted molar refractivity (Wildman–Crippen MR) is 113 cm³/mol. The van der Waals surface area contributed by atoms with E-state index in [-0.39, 0.29) is 5.91 Å². The van der Waals surface area contributed by atoms with Gasteiger partial charge in [-0.25, -0.2) is 4.79 Å². The average molecular weight is 424 g/mol. The Bertz CT molecular complexity index is 794. The van der Waals surface area contributed by atoms with Crippen LogP contribution in [0.2, 0.25) is 5.02 Å². The molecule has 0 aliphatic rings. The summed E-state index contributed by atoms with van der Waals surface area (Å²) in [6.45, 7) is 4.67. The van der Waals surface area contributed by atoms with Crippen LogP contribution in [0, 0.1) is 0 Å². The van der Waals surface area contributed by atoms with Crippen LogP contribution >= 0.6 is 23.4 Å². The summed E-state index contributed by atoms with van der Waals surface area (Å²) in [4.78, 5) is 23.5. The fraction of sp³-hybridized carbons (Fsp3) is 0.474. The van der Waals surface area contributed by atoms with Crippen molar-refractivity contribution in [3.8, 4) is 11.4 Å². The molecule has 28 heavy (non-hydrogen) atoms. The van der Waals surface area contributed by atoms with Gasteiger partial charge in [-0.1, -0.05) is 49.5 Å². The molecule has 3 amide bonds. The first-order valence-corrected chi connectivity index (χ1v) is 10.6. The summed E-state index contributed by atoms with van der Waals surface area (Å²) in [6.07, 6.45) is 4.45. The number of hydrogen-bond donors (Lipinski definition) is 2. The average Bonchev–Trinajstić information content (AvgIpc) is 3.08. The number of imide groups is 1. The Morgan fingerprint density at radius 1 is 1.18 bits per heavy atom. The number of hydrogen-bond acceptors (Lipinski definition) is 5. The van der Waals surface area contributed by atoms with Gasteiger partial charge in [-0.3, -0.25) is 10.1 Å². The Hall–Kier alpha value is -2.06. The lowest BCUT2D eigenvalue weighted by Crippen LogP contribution is -2.41. The molecule has 9 heteroatoms. The van der Waals surface area contributed by atoms with Crippen LogP contribution in [0.3, 0.4) is 0 Å². The highest BCUT2D eigenvalue weighted by Gasteiger charge is 2.21. The van der Waals surface area contributed by atoms with Crippen molar-refractivity contribution in [2.24, 2.45) is 0 Å². The number of amides is 3. The molecule has 152 valence electrons. The summed E-state index contributed by atoms with van der Waals surface area (Å²) in [7, 11) is 1.46. The highest BCUT2D eigenvalue weighted by molar-refractivity contribution is 8.00. The maximum atomic E-state index is 12.2. The fourth-order valence-corrected chi connectivity index (χ4v) is 3.58. The van der Waals surface area contributed by atoms with Gasteiger partial charge in [-0.15, -0.1) is 10.2 Å². The number of urea groups is 1. The number of nitrogens with one attached hydrogen (secondary N) is 2. The molecule has 1 aromatic heterocycles. The summed E-state index contributed by atoms with van der Waals surface area (Å²) < 4.78 is 2.03. The molecule has 1 unspecified atom stereocenters. The van der Waals surface area contributed by atoms with Crippen molar-refractivity contribution in [2.75, 3.05) is 7.05 Å². The molecule has 0 saturated heterocycles. The molecular formula is C19H26ClN5O2S.